The highest BCUT2D eigenvalue weighted by Crippen LogP contribution is 2.39. The number of nitrogens with zero attached hydrogens (tertiary/aromatic N) is 5. The molecule has 2 aliphatic heterocycles. The number of thiophene rings is 1. The second kappa shape index (κ2) is 6.78. The smallest absolute Gasteiger partial charge is 0.267 e. The maximum Gasteiger partial charge on any atom is 0.267 e. The number of piperazine rings is 1. The Morgan fingerprint density at radius 3 is 2.79 bits per heavy atom. The van der Waals surface area contributed by atoms with E-state index in [-0.39, 0.29) is 5.91 Å². The van der Waals surface area contributed by atoms with Gasteiger partial charge in [-0.05, 0) is 0 Å². The minimum absolute atomic E-state index is 0.0441. The lowest BCUT2D eigenvalue weighted by atomic mass is 10.2. The van der Waals surface area contributed by atoms with Crippen LogP contribution in [0.3, 0.4) is 0 Å². The Labute approximate surface area is 143 Å². The van der Waals surface area contributed by atoms with Crippen LogP contribution >= 0.6 is 11.3 Å². The molecule has 24 heavy (non-hydrogen) atoms. The molecule has 0 aliphatic carbocycles. The van der Waals surface area contributed by atoms with Crippen molar-refractivity contribution in [2.24, 2.45) is 0 Å². The molecule has 0 saturated carbocycles. The van der Waals surface area contributed by atoms with Gasteiger partial charge in [0.1, 0.15) is 30.7 Å². The highest BCUT2D eigenvalue weighted by atomic mass is 32.1. The van der Waals surface area contributed by atoms with Gasteiger partial charge in [-0.25, -0.2) is 4.98 Å². The average molecular weight is 349 g/mol. The van der Waals surface area contributed by atoms with Gasteiger partial charge in [-0.15, -0.1) is 11.3 Å². The third-order valence-corrected chi connectivity index (χ3v) is 5.19. The monoisotopic (exact) mass is 349 g/mol. The summed E-state index contributed by atoms with van der Waals surface area (Å²) in [4.78, 5) is 21.6. The molecule has 1 fully saturated rings. The summed E-state index contributed by atoms with van der Waals surface area (Å²) in [7, 11) is 0. The van der Waals surface area contributed by atoms with Crippen molar-refractivity contribution in [3.63, 3.8) is 0 Å². The Morgan fingerprint density at radius 1 is 1.17 bits per heavy atom. The van der Waals surface area contributed by atoms with Crippen LogP contribution in [-0.4, -0.2) is 76.4 Å². The van der Waals surface area contributed by atoms with Crippen molar-refractivity contribution in [3.8, 4) is 11.5 Å². The van der Waals surface area contributed by atoms with E-state index in [0.717, 1.165) is 39.3 Å². The lowest BCUT2D eigenvalue weighted by Gasteiger charge is -2.34. The van der Waals surface area contributed by atoms with Gasteiger partial charge in [0.15, 0.2) is 11.5 Å². The number of ether oxygens (including phenoxy) is 2. The van der Waals surface area contributed by atoms with Gasteiger partial charge in [-0.2, -0.15) is 5.10 Å². The van der Waals surface area contributed by atoms with Crippen LogP contribution in [0, 0.1) is 0 Å². The van der Waals surface area contributed by atoms with Crippen molar-refractivity contribution in [2.45, 2.75) is 6.54 Å². The fraction of sp³-hybridized carbons (Fsp3) is 0.533. The van der Waals surface area contributed by atoms with Crippen LogP contribution < -0.4 is 9.47 Å². The zero-order chi connectivity index (χ0) is 16.4. The van der Waals surface area contributed by atoms with Crippen molar-refractivity contribution >= 4 is 17.2 Å². The summed E-state index contributed by atoms with van der Waals surface area (Å²) in [5, 5.41) is 5.97. The third-order valence-electron chi connectivity index (χ3n) is 4.27. The molecule has 0 spiro atoms. The lowest BCUT2D eigenvalue weighted by molar-refractivity contribution is 0.0629. The van der Waals surface area contributed by atoms with E-state index in [1.54, 1.807) is 12.7 Å². The number of carbonyl (C=O) groups is 1. The van der Waals surface area contributed by atoms with Gasteiger partial charge >= 0.3 is 0 Å². The molecular formula is C15H19N5O3S. The van der Waals surface area contributed by atoms with Crippen molar-refractivity contribution in [1.29, 1.82) is 0 Å². The summed E-state index contributed by atoms with van der Waals surface area (Å²) in [5.74, 6) is 1.36. The minimum atomic E-state index is 0.0441. The molecule has 2 aromatic heterocycles. The van der Waals surface area contributed by atoms with E-state index in [2.05, 4.69) is 15.0 Å². The van der Waals surface area contributed by atoms with E-state index in [1.165, 1.54) is 11.3 Å². The van der Waals surface area contributed by atoms with Crippen LogP contribution in [0.25, 0.3) is 0 Å². The van der Waals surface area contributed by atoms with Gasteiger partial charge in [0.05, 0.1) is 6.54 Å². The van der Waals surface area contributed by atoms with E-state index in [0.29, 0.717) is 29.6 Å². The molecule has 1 saturated heterocycles. The Morgan fingerprint density at radius 2 is 2.00 bits per heavy atom. The molecule has 0 unspecified atom stereocenters. The molecular weight excluding hydrogens is 330 g/mol. The molecule has 0 atom stereocenters. The molecule has 2 aromatic rings. The number of hydrogen-bond donors (Lipinski definition) is 0. The highest BCUT2D eigenvalue weighted by Gasteiger charge is 2.29. The first-order valence-electron chi connectivity index (χ1n) is 8.02. The first-order chi connectivity index (χ1) is 11.8. The highest BCUT2D eigenvalue weighted by molar-refractivity contribution is 7.12. The molecule has 0 radical (unpaired) electrons. The first-order valence-corrected chi connectivity index (χ1v) is 8.90. The number of carbonyl (C=O) groups excluding carboxylic acids is 1. The van der Waals surface area contributed by atoms with Gasteiger partial charge in [-0.1, -0.05) is 0 Å². The maximum absolute atomic E-state index is 12.7. The molecule has 0 bridgehead atoms. The second-order valence-corrected chi connectivity index (χ2v) is 6.63. The Bertz CT molecular complexity index is 694. The zero-order valence-electron chi connectivity index (χ0n) is 13.3. The van der Waals surface area contributed by atoms with Crippen molar-refractivity contribution in [3.05, 3.63) is 22.9 Å². The van der Waals surface area contributed by atoms with E-state index in [1.807, 2.05) is 15.0 Å². The fourth-order valence-corrected chi connectivity index (χ4v) is 3.82. The quantitative estimate of drug-likeness (QED) is 0.804. The molecule has 4 heterocycles. The molecule has 0 N–H and O–H groups in total. The normalized spacial score (nSPS) is 17.9. The molecule has 1 amide bonds. The molecule has 8 nitrogen and oxygen atoms in total. The van der Waals surface area contributed by atoms with Crippen LogP contribution in [0.4, 0.5) is 0 Å². The predicted molar refractivity (Wildman–Crippen MR) is 87.7 cm³/mol. The van der Waals surface area contributed by atoms with Gasteiger partial charge in [0.25, 0.3) is 5.91 Å². The zero-order valence-corrected chi connectivity index (χ0v) is 14.1. The van der Waals surface area contributed by atoms with Crippen molar-refractivity contribution in [2.75, 3.05) is 45.9 Å². The standard InChI is InChI=1S/C15H19N5O3S/c21-15(14-13-12(9-24-14)22-7-8-23-13)19-4-1-18(2-5-19)3-6-20-11-16-10-17-20/h9-11H,1-8H2. The average Bonchev–Trinajstić information content (AvgIpc) is 3.29. The maximum atomic E-state index is 12.7. The van der Waals surface area contributed by atoms with Crippen molar-refractivity contribution < 1.29 is 14.3 Å². The fourth-order valence-electron chi connectivity index (χ4n) is 2.92. The molecule has 9 heteroatoms. The Kier molecular flexibility index (Phi) is 4.35. The Hall–Kier alpha value is -2.13. The number of hydrogen-bond acceptors (Lipinski definition) is 7. The molecule has 128 valence electrons. The number of fused-ring (bicyclic) bond motifs is 1. The van der Waals surface area contributed by atoms with E-state index in [4.69, 9.17) is 9.47 Å². The lowest BCUT2D eigenvalue weighted by Crippen LogP contribution is -2.49. The molecule has 0 aromatic carbocycles. The Balaban J connectivity index is 1.32. The summed E-state index contributed by atoms with van der Waals surface area (Å²) in [6.07, 6.45) is 3.27. The summed E-state index contributed by atoms with van der Waals surface area (Å²) < 4.78 is 13.0. The number of aromatic nitrogens is 3. The minimum Gasteiger partial charge on any atom is -0.485 e. The van der Waals surface area contributed by atoms with Gasteiger partial charge < -0.3 is 14.4 Å². The van der Waals surface area contributed by atoms with Crippen LogP contribution in [0.5, 0.6) is 11.5 Å². The van der Waals surface area contributed by atoms with E-state index >= 15 is 0 Å². The largest absolute Gasteiger partial charge is 0.485 e. The summed E-state index contributed by atoms with van der Waals surface area (Å²) in [5.41, 5.74) is 0. The summed E-state index contributed by atoms with van der Waals surface area (Å²) in [6, 6.07) is 0. The van der Waals surface area contributed by atoms with Gasteiger partial charge in [0.2, 0.25) is 0 Å². The summed E-state index contributed by atoms with van der Waals surface area (Å²) >= 11 is 1.40. The SMILES string of the molecule is O=C(c1scc2c1OCCO2)N1CCN(CCn2cncn2)CC1. The summed E-state index contributed by atoms with van der Waals surface area (Å²) in [6.45, 7) is 5.96. The van der Waals surface area contributed by atoms with Gasteiger partial charge in [-0.3, -0.25) is 14.4 Å². The number of amides is 1. The second-order valence-electron chi connectivity index (χ2n) is 5.75. The van der Waals surface area contributed by atoms with Crippen molar-refractivity contribution in [1.82, 2.24) is 24.6 Å². The van der Waals surface area contributed by atoms with Crippen LogP contribution in [0.1, 0.15) is 9.67 Å². The first kappa shape index (κ1) is 15.4. The third kappa shape index (κ3) is 3.09. The van der Waals surface area contributed by atoms with Crippen LogP contribution in [-0.2, 0) is 6.54 Å². The predicted octanol–water partition coefficient (Wildman–Crippen LogP) is 0.569. The van der Waals surface area contributed by atoms with Gasteiger partial charge in [0, 0.05) is 38.1 Å². The number of rotatable bonds is 4. The van der Waals surface area contributed by atoms with Crippen LogP contribution in [0.15, 0.2) is 18.0 Å². The molecule has 4 rings (SSSR count). The topological polar surface area (TPSA) is 72.7 Å². The van der Waals surface area contributed by atoms with E-state index < -0.39 is 0 Å². The van der Waals surface area contributed by atoms with E-state index in [9.17, 15) is 4.79 Å². The van der Waals surface area contributed by atoms with Crippen LogP contribution in [0.2, 0.25) is 0 Å². The molecule has 2 aliphatic rings.